The number of para-hydroxylation sites is 1. The first-order valence-corrected chi connectivity index (χ1v) is 6.33. The average Bonchev–Trinajstić information content (AvgIpc) is 2.30. The van der Waals surface area contributed by atoms with Crippen molar-refractivity contribution in [3.8, 4) is 5.75 Å². The van der Waals surface area contributed by atoms with Crippen molar-refractivity contribution in [3.63, 3.8) is 0 Å². The third kappa shape index (κ3) is 3.03. The van der Waals surface area contributed by atoms with E-state index in [1.54, 1.807) is 12.1 Å². The minimum absolute atomic E-state index is 0.418. The van der Waals surface area contributed by atoms with Crippen LogP contribution in [0, 0.1) is 0 Å². The summed E-state index contributed by atoms with van der Waals surface area (Å²) in [6.07, 6.45) is 3.67. The lowest BCUT2D eigenvalue weighted by molar-refractivity contribution is 0.239. The molecule has 0 radical (unpaired) electrons. The molecule has 1 aromatic carbocycles. The SMILES string of the molecule is Clc1cccc(Cl)c1OCC1CCCCN1. The van der Waals surface area contributed by atoms with Crippen molar-refractivity contribution in [1.82, 2.24) is 5.32 Å². The van der Waals surface area contributed by atoms with Crippen LogP contribution in [0.25, 0.3) is 0 Å². The quantitative estimate of drug-likeness (QED) is 0.897. The Morgan fingerprint density at radius 3 is 2.62 bits per heavy atom. The number of rotatable bonds is 3. The van der Waals surface area contributed by atoms with Gasteiger partial charge in [-0.2, -0.15) is 0 Å². The van der Waals surface area contributed by atoms with E-state index in [0.717, 1.165) is 13.0 Å². The van der Waals surface area contributed by atoms with E-state index in [0.29, 0.717) is 28.4 Å². The molecule has 1 atom stereocenters. The molecule has 1 fully saturated rings. The second kappa shape index (κ2) is 5.76. The van der Waals surface area contributed by atoms with Gasteiger partial charge in [-0.25, -0.2) is 0 Å². The van der Waals surface area contributed by atoms with Gasteiger partial charge in [0.15, 0.2) is 5.75 Å². The Morgan fingerprint density at radius 1 is 1.25 bits per heavy atom. The van der Waals surface area contributed by atoms with Crippen molar-refractivity contribution >= 4 is 23.2 Å². The first-order valence-electron chi connectivity index (χ1n) is 5.57. The Balaban J connectivity index is 1.93. The lowest BCUT2D eigenvalue weighted by Crippen LogP contribution is -2.38. The second-order valence-electron chi connectivity index (χ2n) is 4.01. The van der Waals surface area contributed by atoms with Crippen LogP contribution < -0.4 is 10.1 Å². The van der Waals surface area contributed by atoms with Crippen molar-refractivity contribution in [3.05, 3.63) is 28.2 Å². The lowest BCUT2D eigenvalue weighted by Gasteiger charge is -2.23. The number of piperidine rings is 1. The van der Waals surface area contributed by atoms with E-state index in [-0.39, 0.29) is 0 Å². The highest BCUT2D eigenvalue weighted by molar-refractivity contribution is 6.37. The summed E-state index contributed by atoms with van der Waals surface area (Å²) in [7, 11) is 0. The molecule has 2 nitrogen and oxygen atoms in total. The summed E-state index contributed by atoms with van der Waals surface area (Å²) in [5.41, 5.74) is 0. The normalized spacial score (nSPS) is 20.8. The molecular weight excluding hydrogens is 245 g/mol. The molecule has 0 saturated carbocycles. The van der Waals surface area contributed by atoms with Gasteiger partial charge < -0.3 is 10.1 Å². The van der Waals surface area contributed by atoms with Crippen molar-refractivity contribution in [2.24, 2.45) is 0 Å². The van der Waals surface area contributed by atoms with Gasteiger partial charge in [0.1, 0.15) is 6.61 Å². The smallest absolute Gasteiger partial charge is 0.156 e. The molecule has 1 heterocycles. The predicted octanol–water partition coefficient (Wildman–Crippen LogP) is 3.51. The van der Waals surface area contributed by atoms with E-state index in [1.165, 1.54) is 12.8 Å². The van der Waals surface area contributed by atoms with E-state index in [4.69, 9.17) is 27.9 Å². The fourth-order valence-corrected chi connectivity index (χ4v) is 2.38. The number of benzene rings is 1. The molecule has 0 aromatic heterocycles. The highest BCUT2D eigenvalue weighted by atomic mass is 35.5. The molecule has 1 saturated heterocycles. The molecule has 1 aliphatic rings. The van der Waals surface area contributed by atoms with Gasteiger partial charge in [-0.3, -0.25) is 0 Å². The molecule has 16 heavy (non-hydrogen) atoms. The van der Waals surface area contributed by atoms with Gasteiger partial charge in [-0.1, -0.05) is 35.7 Å². The Kier molecular flexibility index (Phi) is 4.33. The van der Waals surface area contributed by atoms with Crippen molar-refractivity contribution in [2.75, 3.05) is 13.2 Å². The molecule has 1 aliphatic heterocycles. The Hall–Kier alpha value is -0.440. The van der Waals surface area contributed by atoms with Gasteiger partial charge in [0.05, 0.1) is 10.0 Å². The maximum Gasteiger partial charge on any atom is 0.156 e. The van der Waals surface area contributed by atoms with E-state index < -0.39 is 0 Å². The molecule has 0 aliphatic carbocycles. The van der Waals surface area contributed by atoms with Crippen LogP contribution in [0.2, 0.25) is 10.0 Å². The third-order valence-electron chi connectivity index (χ3n) is 2.76. The minimum atomic E-state index is 0.418. The molecule has 88 valence electrons. The largest absolute Gasteiger partial charge is 0.489 e. The minimum Gasteiger partial charge on any atom is -0.489 e. The molecule has 2 rings (SSSR count). The highest BCUT2D eigenvalue weighted by Gasteiger charge is 2.14. The number of halogens is 2. The zero-order valence-electron chi connectivity index (χ0n) is 9.01. The third-order valence-corrected chi connectivity index (χ3v) is 3.36. The zero-order valence-corrected chi connectivity index (χ0v) is 10.5. The van der Waals surface area contributed by atoms with E-state index >= 15 is 0 Å². The monoisotopic (exact) mass is 259 g/mol. The Morgan fingerprint density at radius 2 is 2.00 bits per heavy atom. The van der Waals surface area contributed by atoms with E-state index in [9.17, 15) is 0 Å². The first kappa shape index (κ1) is 12.0. The first-order chi connectivity index (χ1) is 7.77. The highest BCUT2D eigenvalue weighted by Crippen LogP contribution is 2.32. The lowest BCUT2D eigenvalue weighted by atomic mass is 10.1. The molecule has 0 spiro atoms. The maximum atomic E-state index is 6.02. The van der Waals surface area contributed by atoms with Crippen LogP contribution in [0.3, 0.4) is 0 Å². The maximum absolute atomic E-state index is 6.02. The fourth-order valence-electron chi connectivity index (χ4n) is 1.87. The Labute approximate surface area is 106 Å². The van der Waals surface area contributed by atoms with Crippen LogP contribution in [-0.2, 0) is 0 Å². The second-order valence-corrected chi connectivity index (χ2v) is 4.82. The van der Waals surface area contributed by atoms with Crippen molar-refractivity contribution < 1.29 is 4.74 Å². The molecule has 0 amide bonds. The summed E-state index contributed by atoms with van der Waals surface area (Å²) in [4.78, 5) is 0. The van der Waals surface area contributed by atoms with Crippen LogP contribution in [0.4, 0.5) is 0 Å². The molecule has 4 heteroatoms. The number of hydrogen-bond donors (Lipinski definition) is 1. The Bertz CT molecular complexity index is 331. The van der Waals surface area contributed by atoms with Gasteiger partial charge in [-0.05, 0) is 31.5 Å². The summed E-state index contributed by atoms with van der Waals surface area (Å²) in [6.45, 7) is 1.70. The van der Waals surface area contributed by atoms with Gasteiger partial charge in [0.25, 0.3) is 0 Å². The van der Waals surface area contributed by atoms with Crippen LogP contribution >= 0.6 is 23.2 Å². The summed E-state index contributed by atoms with van der Waals surface area (Å²) >= 11 is 12.0. The number of ether oxygens (including phenoxy) is 1. The van der Waals surface area contributed by atoms with Gasteiger partial charge in [0, 0.05) is 6.04 Å². The van der Waals surface area contributed by atoms with E-state index in [1.807, 2.05) is 6.07 Å². The molecule has 1 N–H and O–H groups in total. The summed E-state index contributed by atoms with van der Waals surface area (Å²) in [5, 5.41) is 4.56. The standard InChI is InChI=1S/C12H15Cl2NO/c13-10-5-3-6-11(14)12(10)16-8-9-4-1-2-7-15-9/h3,5-6,9,15H,1-2,4,7-8H2. The van der Waals surface area contributed by atoms with Crippen LogP contribution in [0.5, 0.6) is 5.75 Å². The molecular formula is C12H15Cl2NO. The molecule has 1 unspecified atom stereocenters. The van der Waals surface area contributed by atoms with Crippen LogP contribution in [-0.4, -0.2) is 19.2 Å². The number of nitrogens with one attached hydrogen (secondary N) is 1. The van der Waals surface area contributed by atoms with E-state index in [2.05, 4.69) is 5.32 Å². The number of hydrogen-bond acceptors (Lipinski definition) is 2. The fraction of sp³-hybridized carbons (Fsp3) is 0.500. The average molecular weight is 260 g/mol. The predicted molar refractivity (Wildman–Crippen MR) is 67.6 cm³/mol. The summed E-state index contributed by atoms with van der Waals surface area (Å²) in [6, 6.07) is 5.81. The van der Waals surface area contributed by atoms with Crippen LogP contribution in [0.1, 0.15) is 19.3 Å². The van der Waals surface area contributed by atoms with Gasteiger partial charge >= 0.3 is 0 Å². The van der Waals surface area contributed by atoms with Crippen molar-refractivity contribution in [2.45, 2.75) is 25.3 Å². The zero-order chi connectivity index (χ0) is 11.4. The van der Waals surface area contributed by atoms with Crippen molar-refractivity contribution in [1.29, 1.82) is 0 Å². The molecule has 0 bridgehead atoms. The van der Waals surface area contributed by atoms with Gasteiger partial charge in [-0.15, -0.1) is 0 Å². The molecule has 1 aromatic rings. The summed E-state index contributed by atoms with van der Waals surface area (Å²) in [5.74, 6) is 0.596. The van der Waals surface area contributed by atoms with Crippen LogP contribution in [0.15, 0.2) is 18.2 Å². The van der Waals surface area contributed by atoms with Gasteiger partial charge in [0.2, 0.25) is 0 Å². The topological polar surface area (TPSA) is 21.3 Å². The summed E-state index contributed by atoms with van der Waals surface area (Å²) < 4.78 is 5.68.